The van der Waals surface area contributed by atoms with Crippen molar-refractivity contribution in [3.05, 3.63) is 72.2 Å². The average Bonchev–Trinajstić information content (AvgIpc) is 3.12. The number of hydrogen-bond donors (Lipinski definition) is 1. The number of pyridine rings is 1. The molecule has 0 aliphatic carbocycles. The van der Waals surface area contributed by atoms with Crippen LogP contribution in [0.2, 0.25) is 0 Å². The molecule has 30 heavy (non-hydrogen) atoms. The molecule has 0 radical (unpaired) electrons. The fourth-order valence-corrected chi connectivity index (χ4v) is 5.22. The second-order valence-corrected chi connectivity index (χ2v) is 9.40. The van der Waals surface area contributed by atoms with E-state index in [0.717, 1.165) is 28.8 Å². The van der Waals surface area contributed by atoms with Gasteiger partial charge in [0.1, 0.15) is 5.82 Å². The molecule has 0 bridgehead atoms. The van der Waals surface area contributed by atoms with Crippen LogP contribution in [0.25, 0.3) is 10.9 Å². The Hall–Kier alpha value is -2.44. The molecule has 1 aromatic heterocycles. The molecule has 4 rings (SSSR count). The molecular formula is C24H26FN3OS. The first kappa shape index (κ1) is 20.8. The van der Waals surface area contributed by atoms with Gasteiger partial charge in [-0.3, -0.25) is 14.7 Å². The maximum absolute atomic E-state index is 13.2. The summed E-state index contributed by atoms with van der Waals surface area (Å²) in [6.07, 6.45) is 2.60. The number of hydrogen-bond acceptors (Lipinski definition) is 4. The van der Waals surface area contributed by atoms with Crippen LogP contribution in [-0.4, -0.2) is 39.7 Å². The molecule has 156 valence electrons. The van der Waals surface area contributed by atoms with Crippen LogP contribution < -0.4 is 5.32 Å². The number of amides is 1. The maximum Gasteiger partial charge on any atom is 0.237 e. The summed E-state index contributed by atoms with van der Waals surface area (Å²) in [5.41, 5.74) is 2.14. The van der Waals surface area contributed by atoms with Crippen LogP contribution in [0.4, 0.5) is 4.39 Å². The fraction of sp³-hybridized carbons (Fsp3) is 0.333. The summed E-state index contributed by atoms with van der Waals surface area (Å²) >= 11 is 1.72. The molecule has 1 amide bonds. The van der Waals surface area contributed by atoms with E-state index in [1.807, 2.05) is 56.4 Å². The highest BCUT2D eigenvalue weighted by Crippen LogP contribution is 2.34. The quantitative estimate of drug-likeness (QED) is 0.628. The minimum absolute atomic E-state index is 0.0746. The molecule has 2 aromatic carbocycles. The van der Waals surface area contributed by atoms with E-state index < -0.39 is 0 Å². The SMILES string of the molecule is CC(C)NC(=O)[C@@H]1C[C@@H](Sc2ccc(F)cc2)CN1Cc1ccnc2ccccc12. The second-order valence-electron chi connectivity index (χ2n) is 8.03. The third kappa shape index (κ3) is 4.82. The lowest BCUT2D eigenvalue weighted by Crippen LogP contribution is -2.45. The average molecular weight is 424 g/mol. The number of aromatic nitrogens is 1. The Bertz CT molecular complexity index is 1020. The number of para-hydroxylation sites is 1. The number of likely N-dealkylation sites (tertiary alicyclic amines) is 1. The van der Waals surface area contributed by atoms with Gasteiger partial charge in [-0.15, -0.1) is 11.8 Å². The Balaban J connectivity index is 1.56. The fourth-order valence-electron chi connectivity index (χ4n) is 3.99. The topological polar surface area (TPSA) is 45.2 Å². The molecule has 0 unspecified atom stereocenters. The number of benzene rings is 2. The lowest BCUT2D eigenvalue weighted by atomic mass is 10.1. The van der Waals surface area contributed by atoms with Crippen molar-refractivity contribution in [2.75, 3.05) is 6.54 Å². The van der Waals surface area contributed by atoms with E-state index in [0.29, 0.717) is 6.54 Å². The number of nitrogens with one attached hydrogen (secondary N) is 1. The highest BCUT2D eigenvalue weighted by molar-refractivity contribution is 8.00. The predicted molar refractivity (Wildman–Crippen MR) is 120 cm³/mol. The first-order valence-corrected chi connectivity index (χ1v) is 11.2. The number of thioether (sulfide) groups is 1. The lowest BCUT2D eigenvalue weighted by molar-refractivity contribution is -0.126. The van der Waals surface area contributed by atoms with E-state index in [1.165, 1.54) is 17.7 Å². The molecule has 1 fully saturated rings. The zero-order valence-electron chi connectivity index (χ0n) is 17.2. The molecule has 0 spiro atoms. The number of fused-ring (bicyclic) bond motifs is 1. The zero-order valence-corrected chi connectivity index (χ0v) is 18.0. The molecule has 3 aromatic rings. The Labute approximate surface area is 180 Å². The number of carbonyl (C=O) groups is 1. The predicted octanol–water partition coefficient (Wildman–Crippen LogP) is 4.63. The van der Waals surface area contributed by atoms with Crippen molar-refractivity contribution in [2.45, 2.75) is 49.0 Å². The van der Waals surface area contributed by atoms with E-state index in [-0.39, 0.29) is 29.1 Å². The van der Waals surface area contributed by atoms with Gasteiger partial charge in [0.25, 0.3) is 0 Å². The van der Waals surface area contributed by atoms with E-state index >= 15 is 0 Å². The van der Waals surface area contributed by atoms with Gasteiger partial charge in [0.05, 0.1) is 11.6 Å². The van der Waals surface area contributed by atoms with Crippen LogP contribution in [0.3, 0.4) is 0 Å². The maximum atomic E-state index is 13.2. The van der Waals surface area contributed by atoms with Crippen molar-refractivity contribution in [1.29, 1.82) is 0 Å². The number of halogens is 1. The monoisotopic (exact) mass is 423 g/mol. The van der Waals surface area contributed by atoms with Crippen molar-refractivity contribution in [2.24, 2.45) is 0 Å². The summed E-state index contributed by atoms with van der Waals surface area (Å²) in [5.74, 6) is -0.156. The summed E-state index contributed by atoms with van der Waals surface area (Å²) in [5, 5.41) is 4.47. The smallest absolute Gasteiger partial charge is 0.237 e. The Morgan fingerprint density at radius 1 is 1.20 bits per heavy atom. The summed E-state index contributed by atoms with van der Waals surface area (Å²) in [6.45, 7) is 5.46. The van der Waals surface area contributed by atoms with Crippen LogP contribution in [-0.2, 0) is 11.3 Å². The van der Waals surface area contributed by atoms with Crippen LogP contribution >= 0.6 is 11.8 Å². The molecule has 2 heterocycles. The number of nitrogens with zero attached hydrogens (tertiary/aromatic N) is 2. The van der Waals surface area contributed by atoms with Gasteiger partial charge in [0.2, 0.25) is 5.91 Å². The molecule has 6 heteroatoms. The highest BCUT2D eigenvalue weighted by Gasteiger charge is 2.37. The van der Waals surface area contributed by atoms with Crippen LogP contribution in [0.5, 0.6) is 0 Å². The molecule has 1 saturated heterocycles. The van der Waals surface area contributed by atoms with E-state index in [4.69, 9.17) is 0 Å². The van der Waals surface area contributed by atoms with Gasteiger partial charge in [-0.1, -0.05) is 18.2 Å². The van der Waals surface area contributed by atoms with Crippen molar-refractivity contribution in [3.8, 4) is 0 Å². The van der Waals surface area contributed by atoms with Gasteiger partial charge in [-0.05, 0) is 62.2 Å². The van der Waals surface area contributed by atoms with Gasteiger partial charge < -0.3 is 5.32 Å². The van der Waals surface area contributed by atoms with E-state index in [1.54, 1.807) is 11.8 Å². The Morgan fingerprint density at radius 3 is 2.73 bits per heavy atom. The van der Waals surface area contributed by atoms with Gasteiger partial charge in [-0.2, -0.15) is 0 Å². The van der Waals surface area contributed by atoms with E-state index in [2.05, 4.69) is 21.3 Å². The Kier molecular flexibility index (Phi) is 6.35. The lowest BCUT2D eigenvalue weighted by Gasteiger charge is -2.25. The number of rotatable bonds is 6. The first-order chi connectivity index (χ1) is 14.5. The first-order valence-electron chi connectivity index (χ1n) is 10.3. The second kappa shape index (κ2) is 9.14. The van der Waals surface area contributed by atoms with Crippen LogP contribution in [0, 0.1) is 5.82 Å². The molecule has 2 atom stereocenters. The normalized spacial score (nSPS) is 19.5. The third-order valence-corrected chi connectivity index (χ3v) is 6.55. The minimum Gasteiger partial charge on any atom is -0.353 e. The van der Waals surface area contributed by atoms with Crippen LogP contribution in [0.15, 0.2) is 65.7 Å². The molecule has 1 aliphatic rings. The summed E-state index contributed by atoms with van der Waals surface area (Å²) < 4.78 is 13.2. The standard InChI is InChI=1S/C24H26FN3OS/c1-16(2)27-24(29)23-13-20(30-19-9-7-18(25)8-10-19)15-28(23)14-17-11-12-26-22-6-4-3-5-21(17)22/h3-12,16,20,23H,13-15H2,1-2H3,(H,27,29)/t20-,23+/m1/s1. The summed E-state index contributed by atoms with van der Waals surface area (Å²) in [7, 11) is 0. The van der Waals surface area contributed by atoms with Crippen molar-refractivity contribution in [1.82, 2.24) is 15.2 Å². The molecular weight excluding hydrogens is 397 g/mol. The zero-order chi connectivity index (χ0) is 21.1. The number of carbonyl (C=O) groups excluding carboxylic acids is 1. The van der Waals surface area contributed by atoms with Crippen molar-refractivity contribution >= 4 is 28.6 Å². The largest absolute Gasteiger partial charge is 0.353 e. The van der Waals surface area contributed by atoms with Gasteiger partial charge >= 0.3 is 0 Å². The van der Waals surface area contributed by atoms with Crippen molar-refractivity contribution in [3.63, 3.8) is 0 Å². The van der Waals surface area contributed by atoms with Crippen LogP contribution in [0.1, 0.15) is 25.8 Å². The van der Waals surface area contributed by atoms with Gasteiger partial charge in [-0.25, -0.2) is 4.39 Å². The highest BCUT2D eigenvalue weighted by atomic mass is 32.2. The third-order valence-electron chi connectivity index (χ3n) is 5.33. The van der Waals surface area contributed by atoms with Gasteiger partial charge in [0, 0.05) is 40.9 Å². The Morgan fingerprint density at radius 2 is 1.97 bits per heavy atom. The summed E-state index contributed by atoms with van der Waals surface area (Å²) in [4.78, 5) is 20.7. The summed E-state index contributed by atoms with van der Waals surface area (Å²) in [6, 6.07) is 16.7. The molecule has 1 aliphatic heterocycles. The van der Waals surface area contributed by atoms with E-state index in [9.17, 15) is 9.18 Å². The van der Waals surface area contributed by atoms with Gasteiger partial charge in [0.15, 0.2) is 0 Å². The molecule has 0 saturated carbocycles. The molecule has 1 N–H and O–H groups in total. The van der Waals surface area contributed by atoms with Crippen molar-refractivity contribution < 1.29 is 9.18 Å². The molecule has 4 nitrogen and oxygen atoms in total. The minimum atomic E-state index is -0.230.